The third kappa shape index (κ3) is 5.38. The third-order valence-corrected chi connectivity index (χ3v) is 4.17. The Bertz CT molecular complexity index is 640. The predicted molar refractivity (Wildman–Crippen MR) is 93.6 cm³/mol. The van der Waals surface area contributed by atoms with E-state index in [0.29, 0.717) is 23.0 Å². The lowest BCUT2D eigenvalue weighted by atomic mass is 10.2. The van der Waals surface area contributed by atoms with Crippen molar-refractivity contribution in [3.05, 3.63) is 40.7 Å². The number of halogens is 1. The molecule has 0 bridgehead atoms. The molecule has 2 amide bonds. The number of furan rings is 1. The number of amides is 2. The summed E-state index contributed by atoms with van der Waals surface area (Å²) in [5.41, 5.74) is 6.24. The Morgan fingerprint density at radius 2 is 2.09 bits per heavy atom. The van der Waals surface area contributed by atoms with Gasteiger partial charge in [0.15, 0.2) is 5.76 Å². The van der Waals surface area contributed by atoms with Gasteiger partial charge in [0.05, 0.1) is 16.1 Å². The monoisotopic (exact) mass is 357 g/mol. The molecule has 0 aliphatic heterocycles. The van der Waals surface area contributed by atoms with Gasteiger partial charge < -0.3 is 20.8 Å². The molecule has 0 radical (unpaired) electrons. The smallest absolute Gasteiger partial charge is 0.291 e. The molecule has 0 unspecified atom stereocenters. The number of nitrogens with one attached hydrogen (secondary N) is 2. The first-order chi connectivity index (χ1) is 10.6. The summed E-state index contributed by atoms with van der Waals surface area (Å²) in [4.78, 5) is 24.6. The van der Waals surface area contributed by atoms with Crippen molar-refractivity contribution in [1.82, 2.24) is 5.32 Å². The van der Waals surface area contributed by atoms with Crippen LogP contribution < -0.4 is 16.4 Å². The molecule has 0 aliphatic carbocycles. The van der Waals surface area contributed by atoms with E-state index >= 15 is 0 Å². The minimum Gasteiger partial charge on any atom is -0.459 e. The van der Waals surface area contributed by atoms with E-state index in [0.717, 1.165) is 18.4 Å². The van der Waals surface area contributed by atoms with Gasteiger partial charge in [0, 0.05) is 6.54 Å². The lowest BCUT2D eigenvalue weighted by Crippen LogP contribution is -2.24. The SMILES string of the molecule is Cc1cc(NC(=O)c2ccco2)sc1C(=O)NCCCCN.Cl. The number of nitrogens with two attached hydrogens (primary N) is 1. The van der Waals surface area contributed by atoms with Crippen LogP contribution in [0.4, 0.5) is 5.00 Å². The normalized spacial score (nSPS) is 10.0. The van der Waals surface area contributed by atoms with Crippen LogP contribution in [0.3, 0.4) is 0 Å². The number of unbranched alkanes of at least 4 members (excludes halogenated alkanes) is 1. The number of hydrogen-bond acceptors (Lipinski definition) is 5. The zero-order chi connectivity index (χ0) is 15.9. The van der Waals surface area contributed by atoms with Crippen LogP contribution >= 0.6 is 23.7 Å². The molecule has 4 N–H and O–H groups in total. The molecule has 0 spiro atoms. The number of hydrogen-bond donors (Lipinski definition) is 3. The zero-order valence-corrected chi connectivity index (χ0v) is 14.4. The van der Waals surface area contributed by atoms with Crippen LogP contribution in [-0.2, 0) is 0 Å². The number of thiophene rings is 1. The topological polar surface area (TPSA) is 97.4 Å². The molecule has 23 heavy (non-hydrogen) atoms. The lowest BCUT2D eigenvalue weighted by molar-refractivity contribution is 0.0955. The molecule has 0 fully saturated rings. The van der Waals surface area contributed by atoms with Crippen molar-refractivity contribution in [2.75, 3.05) is 18.4 Å². The van der Waals surface area contributed by atoms with Crippen molar-refractivity contribution < 1.29 is 14.0 Å². The van der Waals surface area contributed by atoms with Gasteiger partial charge in [0.2, 0.25) is 0 Å². The molecule has 2 rings (SSSR count). The highest BCUT2D eigenvalue weighted by Crippen LogP contribution is 2.27. The van der Waals surface area contributed by atoms with Gasteiger partial charge in [0.25, 0.3) is 11.8 Å². The van der Waals surface area contributed by atoms with Crippen LogP contribution in [0.2, 0.25) is 0 Å². The van der Waals surface area contributed by atoms with E-state index in [1.54, 1.807) is 18.2 Å². The highest BCUT2D eigenvalue weighted by Gasteiger charge is 2.16. The maximum absolute atomic E-state index is 12.1. The molecule has 0 saturated heterocycles. The fraction of sp³-hybridized carbons (Fsp3) is 0.333. The van der Waals surface area contributed by atoms with Gasteiger partial charge in [-0.05, 0) is 50.1 Å². The summed E-state index contributed by atoms with van der Waals surface area (Å²) in [6.07, 6.45) is 3.18. The van der Waals surface area contributed by atoms with E-state index < -0.39 is 0 Å². The summed E-state index contributed by atoms with van der Waals surface area (Å²) < 4.78 is 5.03. The van der Waals surface area contributed by atoms with Crippen LogP contribution in [0.1, 0.15) is 38.6 Å². The van der Waals surface area contributed by atoms with Crippen LogP contribution in [0.15, 0.2) is 28.9 Å². The first-order valence-corrected chi connectivity index (χ1v) is 7.87. The second-order valence-corrected chi connectivity index (χ2v) is 5.86. The van der Waals surface area contributed by atoms with Crippen LogP contribution in [0.25, 0.3) is 0 Å². The standard InChI is InChI=1S/C15H19N3O3S.ClH/c1-10-9-12(18-14(19)11-5-4-8-21-11)22-13(10)15(20)17-7-3-2-6-16;/h4-5,8-9H,2-3,6-7,16H2,1H3,(H,17,20)(H,18,19);1H. The maximum atomic E-state index is 12.1. The van der Waals surface area contributed by atoms with E-state index in [9.17, 15) is 9.59 Å². The van der Waals surface area contributed by atoms with Crippen molar-refractivity contribution in [2.45, 2.75) is 19.8 Å². The van der Waals surface area contributed by atoms with Gasteiger partial charge in [-0.3, -0.25) is 9.59 Å². The first-order valence-electron chi connectivity index (χ1n) is 7.05. The molecule has 6 nitrogen and oxygen atoms in total. The van der Waals surface area contributed by atoms with Gasteiger partial charge in [-0.15, -0.1) is 23.7 Å². The zero-order valence-electron chi connectivity index (χ0n) is 12.8. The predicted octanol–water partition coefficient (Wildman–Crippen LogP) is 2.79. The molecule has 0 saturated carbocycles. The highest BCUT2D eigenvalue weighted by molar-refractivity contribution is 7.18. The summed E-state index contributed by atoms with van der Waals surface area (Å²) in [6.45, 7) is 3.06. The van der Waals surface area contributed by atoms with Crippen molar-refractivity contribution >= 4 is 40.6 Å². The molecule has 126 valence electrons. The molecule has 2 aromatic rings. The fourth-order valence-corrected chi connectivity index (χ4v) is 2.89. The molecule has 8 heteroatoms. The summed E-state index contributed by atoms with van der Waals surface area (Å²) in [5.74, 6) is -0.224. The van der Waals surface area contributed by atoms with Gasteiger partial charge in [-0.1, -0.05) is 0 Å². The number of anilines is 1. The minimum absolute atomic E-state index is 0. The van der Waals surface area contributed by atoms with Gasteiger partial charge in [0.1, 0.15) is 0 Å². The van der Waals surface area contributed by atoms with E-state index in [1.807, 2.05) is 6.92 Å². The summed E-state index contributed by atoms with van der Waals surface area (Å²) >= 11 is 1.25. The van der Waals surface area contributed by atoms with E-state index in [4.69, 9.17) is 10.2 Å². The third-order valence-electron chi connectivity index (χ3n) is 3.02. The van der Waals surface area contributed by atoms with Crippen molar-refractivity contribution in [3.8, 4) is 0 Å². The van der Waals surface area contributed by atoms with E-state index in [2.05, 4.69) is 10.6 Å². The van der Waals surface area contributed by atoms with Crippen molar-refractivity contribution in [1.29, 1.82) is 0 Å². The lowest BCUT2D eigenvalue weighted by Gasteiger charge is -2.03. The van der Waals surface area contributed by atoms with Gasteiger partial charge in [-0.25, -0.2) is 0 Å². The molecule has 0 aromatic carbocycles. The Morgan fingerprint density at radius 3 is 2.74 bits per heavy atom. The highest BCUT2D eigenvalue weighted by atomic mass is 35.5. The molecule has 0 atom stereocenters. The number of carbonyl (C=O) groups is 2. The number of rotatable bonds is 7. The number of carbonyl (C=O) groups excluding carboxylic acids is 2. The maximum Gasteiger partial charge on any atom is 0.291 e. The summed E-state index contributed by atoms with van der Waals surface area (Å²) in [7, 11) is 0. The van der Waals surface area contributed by atoms with Crippen LogP contribution in [0.5, 0.6) is 0 Å². The van der Waals surface area contributed by atoms with Crippen molar-refractivity contribution in [2.24, 2.45) is 5.73 Å². The van der Waals surface area contributed by atoms with Crippen LogP contribution in [0, 0.1) is 6.92 Å². The summed E-state index contributed by atoms with van der Waals surface area (Å²) in [6, 6.07) is 5.01. The fourth-order valence-electron chi connectivity index (χ4n) is 1.90. The Morgan fingerprint density at radius 1 is 1.30 bits per heavy atom. The number of aryl methyl sites for hydroxylation is 1. The van der Waals surface area contributed by atoms with Crippen LogP contribution in [-0.4, -0.2) is 24.9 Å². The minimum atomic E-state index is -0.332. The van der Waals surface area contributed by atoms with E-state index in [-0.39, 0.29) is 30.0 Å². The average molecular weight is 358 g/mol. The second kappa shape index (κ2) is 9.34. The average Bonchev–Trinajstić information content (AvgIpc) is 3.13. The van der Waals surface area contributed by atoms with Crippen molar-refractivity contribution in [3.63, 3.8) is 0 Å². The van der Waals surface area contributed by atoms with Gasteiger partial charge in [-0.2, -0.15) is 0 Å². The van der Waals surface area contributed by atoms with E-state index in [1.165, 1.54) is 17.6 Å². The summed E-state index contributed by atoms with van der Waals surface area (Å²) in [5, 5.41) is 6.20. The Balaban J connectivity index is 0.00000264. The Labute approximate surface area is 144 Å². The first kappa shape index (κ1) is 19.2. The molecule has 2 heterocycles. The second-order valence-electron chi connectivity index (χ2n) is 4.81. The van der Waals surface area contributed by atoms with Gasteiger partial charge >= 0.3 is 0 Å². The largest absolute Gasteiger partial charge is 0.459 e. The Kier molecular flexibility index (Phi) is 7.80. The molecular formula is C15H20ClN3O3S. The Hall–Kier alpha value is -1.83. The molecular weight excluding hydrogens is 338 g/mol. The molecule has 0 aliphatic rings. The quantitative estimate of drug-likeness (QED) is 0.663. The molecule has 2 aromatic heterocycles.